The van der Waals surface area contributed by atoms with Gasteiger partial charge in [-0.15, -0.1) is 0 Å². The van der Waals surface area contributed by atoms with Crippen LogP contribution in [0.2, 0.25) is 0 Å². The first kappa shape index (κ1) is 12.0. The van der Waals surface area contributed by atoms with E-state index in [9.17, 15) is 0 Å². The third-order valence-corrected chi connectivity index (χ3v) is 3.83. The van der Waals surface area contributed by atoms with Gasteiger partial charge in [0.25, 0.3) is 0 Å². The Morgan fingerprint density at radius 1 is 1.29 bits per heavy atom. The van der Waals surface area contributed by atoms with Crippen molar-refractivity contribution in [2.45, 2.75) is 65.8 Å². The molecule has 1 N–H and O–H groups in total. The Balaban J connectivity index is 2.63. The summed E-state index contributed by atoms with van der Waals surface area (Å²) in [4.78, 5) is 0. The maximum atomic E-state index is 3.77. The minimum absolute atomic E-state index is 0.401. The summed E-state index contributed by atoms with van der Waals surface area (Å²) in [7, 11) is 0. The fourth-order valence-corrected chi connectivity index (χ4v) is 2.57. The van der Waals surface area contributed by atoms with Crippen LogP contribution in [0.1, 0.15) is 60.3 Å². The summed E-state index contributed by atoms with van der Waals surface area (Å²) in [6.07, 6.45) is 5.41. The molecule has 0 aliphatic carbocycles. The molecule has 0 aromatic rings. The third-order valence-electron chi connectivity index (χ3n) is 3.83. The zero-order valence-corrected chi connectivity index (χ0v) is 10.6. The monoisotopic (exact) mass is 197 g/mol. The van der Waals surface area contributed by atoms with Gasteiger partial charge in [-0.25, -0.2) is 0 Å². The van der Waals surface area contributed by atoms with Gasteiger partial charge in [0.15, 0.2) is 0 Å². The van der Waals surface area contributed by atoms with E-state index in [1.807, 2.05) is 0 Å². The quantitative estimate of drug-likeness (QED) is 0.729. The van der Waals surface area contributed by atoms with Crippen LogP contribution in [0.3, 0.4) is 0 Å². The smallest absolute Gasteiger partial charge is 0.0230 e. The van der Waals surface area contributed by atoms with Crippen LogP contribution < -0.4 is 5.32 Å². The second kappa shape index (κ2) is 4.22. The largest absolute Gasteiger partial charge is 0.311 e. The maximum Gasteiger partial charge on any atom is 0.0230 e. The molecule has 1 saturated heterocycles. The number of hydrogen-bond donors (Lipinski definition) is 1. The lowest BCUT2D eigenvalue weighted by Crippen LogP contribution is -2.51. The van der Waals surface area contributed by atoms with Gasteiger partial charge in [-0.2, -0.15) is 0 Å². The summed E-state index contributed by atoms with van der Waals surface area (Å²) in [5.41, 5.74) is 0.815. The highest BCUT2D eigenvalue weighted by atomic mass is 15.0. The van der Waals surface area contributed by atoms with Crippen LogP contribution in [0.15, 0.2) is 0 Å². The Labute approximate surface area is 89.7 Å². The van der Waals surface area contributed by atoms with Gasteiger partial charge in [-0.1, -0.05) is 34.6 Å². The molecule has 1 aliphatic heterocycles. The average Bonchev–Trinajstić information content (AvgIpc) is 2.48. The molecule has 0 bridgehead atoms. The van der Waals surface area contributed by atoms with Crippen molar-refractivity contribution in [3.63, 3.8) is 0 Å². The molecule has 0 aromatic carbocycles. The number of rotatable bonds is 3. The molecule has 0 saturated carbocycles. The first-order valence-corrected chi connectivity index (χ1v) is 6.12. The Bertz CT molecular complexity index is 170. The molecule has 1 unspecified atom stereocenters. The number of nitrogens with one attached hydrogen (secondary N) is 1. The van der Waals surface area contributed by atoms with E-state index in [1.54, 1.807) is 0 Å². The van der Waals surface area contributed by atoms with Gasteiger partial charge >= 0.3 is 0 Å². The lowest BCUT2D eigenvalue weighted by Gasteiger charge is -2.43. The van der Waals surface area contributed by atoms with E-state index in [2.05, 4.69) is 39.9 Å². The molecular weight excluding hydrogens is 170 g/mol. The average molecular weight is 197 g/mol. The summed E-state index contributed by atoms with van der Waals surface area (Å²) in [5, 5.41) is 3.77. The molecule has 84 valence electrons. The van der Waals surface area contributed by atoms with Crippen molar-refractivity contribution >= 4 is 0 Å². The van der Waals surface area contributed by atoms with Gasteiger partial charge in [0.2, 0.25) is 0 Å². The first-order chi connectivity index (χ1) is 6.37. The van der Waals surface area contributed by atoms with Crippen LogP contribution in [-0.4, -0.2) is 12.1 Å². The minimum atomic E-state index is 0.401. The highest BCUT2D eigenvalue weighted by Gasteiger charge is 2.43. The second-order valence-corrected chi connectivity index (χ2v) is 6.29. The first-order valence-electron chi connectivity index (χ1n) is 6.12. The number of hydrogen-bond acceptors (Lipinski definition) is 1. The molecule has 1 nitrogen and oxygen atoms in total. The van der Waals surface area contributed by atoms with Crippen LogP contribution in [0.25, 0.3) is 0 Å². The van der Waals surface area contributed by atoms with Crippen molar-refractivity contribution in [2.75, 3.05) is 6.54 Å². The molecule has 1 heterocycles. The van der Waals surface area contributed by atoms with E-state index in [1.165, 1.54) is 32.2 Å². The van der Waals surface area contributed by atoms with Gasteiger partial charge in [0, 0.05) is 5.54 Å². The molecular formula is C13H27N. The summed E-state index contributed by atoms with van der Waals surface area (Å²) in [6, 6.07) is 0. The van der Waals surface area contributed by atoms with Crippen molar-refractivity contribution in [3.8, 4) is 0 Å². The Kier molecular flexibility index (Phi) is 3.63. The SMILES string of the molecule is CC(C)CCC1(C(C)(C)C)CCCN1. The molecule has 1 atom stereocenters. The Morgan fingerprint density at radius 2 is 1.93 bits per heavy atom. The van der Waals surface area contributed by atoms with Crippen LogP contribution in [-0.2, 0) is 0 Å². The van der Waals surface area contributed by atoms with E-state index in [-0.39, 0.29) is 0 Å². The normalized spacial score (nSPS) is 28.7. The zero-order chi connectivity index (χ0) is 10.8. The molecule has 14 heavy (non-hydrogen) atoms. The van der Waals surface area contributed by atoms with Crippen LogP contribution in [0, 0.1) is 11.3 Å². The van der Waals surface area contributed by atoms with Gasteiger partial charge in [-0.3, -0.25) is 0 Å². The van der Waals surface area contributed by atoms with Crippen LogP contribution >= 0.6 is 0 Å². The van der Waals surface area contributed by atoms with Crippen molar-refractivity contribution in [2.24, 2.45) is 11.3 Å². The zero-order valence-electron chi connectivity index (χ0n) is 10.6. The molecule has 0 aromatic heterocycles. The van der Waals surface area contributed by atoms with Crippen LogP contribution in [0.5, 0.6) is 0 Å². The predicted molar refractivity (Wildman–Crippen MR) is 63.5 cm³/mol. The molecule has 1 fully saturated rings. The van der Waals surface area contributed by atoms with Gasteiger partial charge in [-0.05, 0) is 43.6 Å². The molecule has 0 amide bonds. The lowest BCUT2D eigenvalue weighted by atomic mass is 9.69. The highest BCUT2D eigenvalue weighted by Crippen LogP contribution is 2.41. The van der Waals surface area contributed by atoms with Crippen LogP contribution in [0.4, 0.5) is 0 Å². The Morgan fingerprint density at radius 3 is 2.29 bits per heavy atom. The van der Waals surface area contributed by atoms with E-state index in [0.717, 1.165) is 5.92 Å². The Hall–Kier alpha value is -0.0400. The standard InChI is InChI=1S/C13H27N/c1-11(2)7-9-13(12(3,4)5)8-6-10-14-13/h11,14H,6-10H2,1-5H3. The van der Waals surface area contributed by atoms with Crippen molar-refractivity contribution in [1.29, 1.82) is 0 Å². The molecule has 0 spiro atoms. The second-order valence-electron chi connectivity index (χ2n) is 6.29. The summed E-state index contributed by atoms with van der Waals surface area (Å²) >= 11 is 0. The summed E-state index contributed by atoms with van der Waals surface area (Å²) < 4.78 is 0. The fourth-order valence-electron chi connectivity index (χ4n) is 2.57. The molecule has 1 rings (SSSR count). The fraction of sp³-hybridized carbons (Fsp3) is 1.00. The molecule has 0 radical (unpaired) electrons. The van der Waals surface area contributed by atoms with E-state index >= 15 is 0 Å². The third kappa shape index (κ3) is 2.50. The molecule has 1 aliphatic rings. The van der Waals surface area contributed by atoms with Crippen molar-refractivity contribution in [1.82, 2.24) is 5.32 Å². The summed E-state index contributed by atoms with van der Waals surface area (Å²) in [5.74, 6) is 0.830. The highest BCUT2D eigenvalue weighted by molar-refractivity contribution is 5.01. The summed E-state index contributed by atoms with van der Waals surface area (Å²) in [6.45, 7) is 13.0. The van der Waals surface area contributed by atoms with Gasteiger partial charge in [0.05, 0.1) is 0 Å². The van der Waals surface area contributed by atoms with E-state index < -0.39 is 0 Å². The van der Waals surface area contributed by atoms with E-state index in [0.29, 0.717) is 11.0 Å². The minimum Gasteiger partial charge on any atom is -0.311 e. The lowest BCUT2D eigenvalue weighted by molar-refractivity contribution is 0.139. The van der Waals surface area contributed by atoms with Crippen molar-refractivity contribution < 1.29 is 0 Å². The molecule has 1 heteroatoms. The predicted octanol–water partition coefficient (Wildman–Crippen LogP) is 3.59. The van der Waals surface area contributed by atoms with Crippen molar-refractivity contribution in [3.05, 3.63) is 0 Å². The van der Waals surface area contributed by atoms with E-state index in [4.69, 9.17) is 0 Å². The maximum absolute atomic E-state index is 3.77. The topological polar surface area (TPSA) is 12.0 Å². The van der Waals surface area contributed by atoms with Gasteiger partial charge in [0.1, 0.15) is 0 Å². The van der Waals surface area contributed by atoms with Gasteiger partial charge < -0.3 is 5.32 Å².